The van der Waals surface area contributed by atoms with Gasteiger partial charge in [-0.2, -0.15) is 0 Å². The van der Waals surface area contributed by atoms with Crippen molar-refractivity contribution < 1.29 is 8.81 Å². The van der Waals surface area contributed by atoms with Gasteiger partial charge in [-0.25, -0.2) is 4.39 Å². The van der Waals surface area contributed by atoms with Crippen LogP contribution in [0.4, 0.5) is 4.39 Å². The summed E-state index contributed by atoms with van der Waals surface area (Å²) in [5.74, 6) is 0.723. The zero-order valence-electron chi connectivity index (χ0n) is 13.1. The van der Waals surface area contributed by atoms with Gasteiger partial charge in [0, 0.05) is 17.0 Å². The lowest BCUT2D eigenvalue weighted by atomic mass is 10.0. The third-order valence-corrected chi connectivity index (χ3v) is 4.15. The molecule has 2 unspecified atom stereocenters. The van der Waals surface area contributed by atoms with Crippen molar-refractivity contribution in [1.29, 1.82) is 0 Å². The maximum atomic E-state index is 13.9. The lowest BCUT2D eigenvalue weighted by Crippen LogP contribution is -2.23. The van der Waals surface area contributed by atoms with E-state index in [-0.39, 0.29) is 17.9 Å². The predicted molar refractivity (Wildman–Crippen MR) is 87.3 cm³/mol. The van der Waals surface area contributed by atoms with Crippen molar-refractivity contribution >= 4 is 11.0 Å². The molecule has 0 saturated carbocycles. The van der Waals surface area contributed by atoms with Crippen molar-refractivity contribution in [1.82, 2.24) is 5.32 Å². The van der Waals surface area contributed by atoms with E-state index in [9.17, 15) is 4.39 Å². The molecule has 2 nitrogen and oxygen atoms in total. The molecule has 2 atom stereocenters. The van der Waals surface area contributed by atoms with Crippen LogP contribution in [0.3, 0.4) is 0 Å². The van der Waals surface area contributed by atoms with Gasteiger partial charge in [-0.05, 0) is 38.5 Å². The Morgan fingerprint density at radius 3 is 2.36 bits per heavy atom. The minimum Gasteiger partial charge on any atom is -0.459 e. The lowest BCUT2D eigenvalue weighted by molar-refractivity contribution is 0.408. The molecule has 1 N–H and O–H groups in total. The molecule has 0 spiro atoms. The summed E-state index contributed by atoms with van der Waals surface area (Å²) in [6.07, 6.45) is 0. The van der Waals surface area contributed by atoms with Gasteiger partial charge < -0.3 is 9.73 Å². The van der Waals surface area contributed by atoms with Gasteiger partial charge >= 0.3 is 0 Å². The summed E-state index contributed by atoms with van der Waals surface area (Å²) in [7, 11) is 0. The number of hydrogen-bond donors (Lipinski definition) is 1. The Bertz CT molecular complexity index is 793. The largest absolute Gasteiger partial charge is 0.459 e. The fourth-order valence-corrected chi connectivity index (χ4v) is 2.97. The minimum absolute atomic E-state index is 0.00186. The summed E-state index contributed by atoms with van der Waals surface area (Å²) in [5, 5.41) is 4.55. The molecular weight excluding hydrogens is 277 g/mol. The van der Waals surface area contributed by atoms with Gasteiger partial charge in [-0.3, -0.25) is 0 Å². The third kappa shape index (κ3) is 2.64. The normalized spacial score (nSPS) is 14.2. The Morgan fingerprint density at radius 2 is 1.64 bits per heavy atom. The Balaban J connectivity index is 1.86. The van der Waals surface area contributed by atoms with E-state index < -0.39 is 0 Å². The zero-order chi connectivity index (χ0) is 15.7. The van der Waals surface area contributed by atoms with Crippen LogP contribution >= 0.6 is 0 Å². The third-order valence-electron chi connectivity index (χ3n) is 4.15. The number of para-hydroxylation sites is 1. The highest BCUT2D eigenvalue weighted by atomic mass is 19.1. The van der Waals surface area contributed by atoms with Crippen molar-refractivity contribution in [2.75, 3.05) is 0 Å². The number of furan rings is 1. The van der Waals surface area contributed by atoms with Gasteiger partial charge in [0.05, 0.1) is 6.04 Å². The van der Waals surface area contributed by atoms with E-state index in [1.807, 2.05) is 44.2 Å². The molecule has 0 aliphatic rings. The quantitative estimate of drug-likeness (QED) is 0.707. The molecule has 0 aliphatic carbocycles. The van der Waals surface area contributed by atoms with E-state index in [1.54, 1.807) is 6.07 Å². The van der Waals surface area contributed by atoms with E-state index >= 15 is 0 Å². The topological polar surface area (TPSA) is 25.2 Å². The molecule has 0 radical (unpaired) electrons. The Kier molecular flexibility index (Phi) is 3.99. The highest BCUT2D eigenvalue weighted by Crippen LogP contribution is 2.30. The number of benzene rings is 2. The molecule has 2 aromatic carbocycles. The smallest absolute Gasteiger partial charge is 0.134 e. The van der Waals surface area contributed by atoms with Crippen molar-refractivity contribution in [3.8, 4) is 0 Å². The molecule has 0 bridgehead atoms. The standard InChI is InChI=1S/C19H20FNO/c1-12-15-8-5-7-11-18(15)22-19(12)14(3)21-13(2)16-9-4-6-10-17(16)20/h4-11,13-14,21H,1-3H3. The molecule has 3 heteroatoms. The number of nitrogens with one attached hydrogen (secondary N) is 1. The lowest BCUT2D eigenvalue weighted by Gasteiger charge is -2.20. The van der Waals surface area contributed by atoms with Crippen molar-refractivity contribution in [3.63, 3.8) is 0 Å². The fourth-order valence-electron chi connectivity index (χ4n) is 2.97. The summed E-state index contributed by atoms with van der Waals surface area (Å²) in [6.45, 7) is 6.07. The zero-order valence-corrected chi connectivity index (χ0v) is 13.1. The van der Waals surface area contributed by atoms with Crippen LogP contribution in [0, 0.1) is 12.7 Å². The Labute approximate surface area is 130 Å². The molecule has 1 aromatic heterocycles. The SMILES string of the molecule is Cc1c(C(C)NC(C)c2ccccc2F)oc2ccccc12. The predicted octanol–water partition coefficient (Wildman–Crippen LogP) is 5.29. The van der Waals surface area contributed by atoms with E-state index in [4.69, 9.17) is 4.42 Å². The van der Waals surface area contributed by atoms with E-state index in [0.29, 0.717) is 5.56 Å². The molecule has 3 aromatic rings. The number of rotatable bonds is 4. The maximum absolute atomic E-state index is 13.9. The van der Waals surface area contributed by atoms with Crippen molar-refractivity contribution in [2.24, 2.45) is 0 Å². The summed E-state index contributed by atoms with van der Waals surface area (Å²) in [6, 6.07) is 14.8. The van der Waals surface area contributed by atoms with E-state index in [0.717, 1.165) is 22.3 Å². The van der Waals surface area contributed by atoms with Gasteiger partial charge in [-0.1, -0.05) is 36.4 Å². The minimum atomic E-state index is -0.184. The van der Waals surface area contributed by atoms with Crippen molar-refractivity contribution in [2.45, 2.75) is 32.9 Å². The highest BCUT2D eigenvalue weighted by molar-refractivity contribution is 5.82. The first kappa shape index (κ1) is 14.8. The first-order valence-electron chi connectivity index (χ1n) is 7.56. The molecule has 0 fully saturated rings. The van der Waals surface area contributed by atoms with Crippen LogP contribution in [-0.4, -0.2) is 0 Å². The summed E-state index contributed by atoms with van der Waals surface area (Å²) >= 11 is 0. The summed E-state index contributed by atoms with van der Waals surface area (Å²) < 4.78 is 19.8. The Hall–Kier alpha value is -2.13. The number of aryl methyl sites for hydroxylation is 1. The molecular formula is C19H20FNO. The molecule has 114 valence electrons. The van der Waals surface area contributed by atoms with E-state index in [2.05, 4.69) is 18.3 Å². The van der Waals surface area contributed by atoms with Crippen LogP contribution in [0.25, 0.3) is 11.0 Å². The van der Waals surface area contributed by atoms with Gasteiger partial charge in [0.1, 0.15) is 17.2 Å². The van der Waals surface area contributed by atoms with Crippen LogP contribution in [0.5, 0.6) is 0 Å². The molecule has 22 heavy (non-hydrogen) atoms. The second kappa shape index (κ2) is 5.93. The number of hydrogen-bond acceptors (Lipinski definition) is 2. The highest BCUT2D eigenvalue weighted by Gasteiger charge is 2.19. The fraction of sp³-hybridized carbons (Fsp3) is 0.263. The van der Waals surface area contributed by atoms with Gasteiger partial charge in [0.15, 0.2) is 0 Å². The van der Waals surface area contributed by atoms with Crippen LogP contribution < -0.4 is 5.32 Å². The van der Waals surface area contributed by atoms with Crippen LogP contribution in [0.15, 0.2) is 52.9 Å². The molecule has 0 saturated heterocycles. The monoisotopic (exact) mass is 297 g/mol. The first-order valence-corrected chi connectivity index (χ1v) is 7.56. The average molecular weight is 297 g/mol. The maximum Gasteiger partial charge on any atom is 0.134 e. The van der Waals surface area contributed by atoms with Gasteiger partial charge in [0.25, 0.3) is 0 Å². The molecule has 3 rings (SSSR count). The second-order valence-corrected chi connectivity index (χ2v) is 5.72. The Morgan fingerprint density at radius 1 is 0.955 bits per heavy atom. The summed E-state index contributed by atoms with van der Waals surface area (Å²) in [4.78, 5) is 0. The average Bonchev–Trinajstić information content (AvgIpc) is 2.85. The van der Waals surface area contributed by atoms with Crippen LogP contribution in [0.1, 0.15) is 42.8 Å². The van der Waals surface area contributed by atoms with Gasteiger partial charge in [-0.15, -0.1) is 0 Å². The van der Waals surface area contributed by atoms with E-state index in [1.165, 1.54) is 6.07 Å². The molecule has 0 amide bonds. The molecule has 1 heterocycles. The van der Waals surface area contributed by atoms with Crippen LogP contribution in [-0.2, 0) is 0 Å². The number of fused-ring (bicyclic) bond motifs is 1. The van der Waals surface area contributed by atoms with Gasteiger partial charge in [0.2, 0.25) is 0 Å². The number of halogens is 1. The van der Waals surface area contributed by atoms with Crippen LogP contribution in [0.2, 0.25) is 0 Å². The second-order valence-electron chi connectivity index (χ2n) is 5.72. The summed E-state index contributed by atoms with van der Waals surface area (Å²) in [5.41, 5.74) is 2.70. The van der Waals surface area contributed by atoms with Crippen molar-refractivity contribution in [3.05, 3.63) is 71.2 Å². The first-order chi connectivity index (χ1) is 10.6. The molecule has 0 aliphatic heterocycles.